The molecular weight excluding hydrogens is 310 g/mol. The standard InChI is InChI=1S/C18H19NO5/c1-12-8-9-16(24-12)17(20)19-15-7-3-2-6-14(15)18(21)23-11-13-5-4-10-22-13/h2-3,6-9,13H,4-5,10-11H2,1H3,(H,19,20). The van der Waals surface area contributed by atoms with Crippen LogP contribution in [0.25, 0.3) is 0 Å². The first-order valence-electron chi connectivity index (χ1n) is 7.89. The molecule has 6 nitrogen and oxygen atoms in total. The second-order valence-corrected chi connectivity index (χ2v) is 5.64. The van der Waals surface area contributed by atoms with E-state index < -0.39 is 11.9 Å². The maximum absolute atomic E-state index is 12.3. The third-order valence-corrected chi connectivity index (χ3v) is 3.78. The molecule has 1 aliphatic heterocycles. The highest BCUT2D eigenvalue weighted by Crippen LogP contribution is 2.19. The molecule has 0 saturated carbocycles. The summed E-state index contributed by atoms with van der Waals surface area (Å²) in [5.74, 6) is -0.0704. The highest BCUT2D eigenvalue weighted by molar-refractivity contribution is 6.06. The van der Waals surface area contributed by atoms with Crippen LogP contribution >= 0.6 is 0 Å². The number of rotatable bonds is 5. The van der Waals surface area contributed by atoms with Crippen molar-refractivity contribution < 1.29 is 23.5 Å². The van der Waals surface area contributed by atoms with Crippen molar-refractivity contribution in [2.75, 3.05) is 18.5 Å². The number of furan rings is 1. The summed E-state index contributed by atoms with van der Waals surface area (Å²) in [4.78, 5) is 24.5. The van der Waals surface area contributed by atoms with E-state index in [9.17, 15) is 9.59 Å². The number of anilines is 1. The third-order valence-electron chi connectivity index (χ3n) is 3.78. The molecule has 2 aromatic rings. The lowest BCUT2D eigenvalue weighted by molar-refractivity contribution is 0.0162. The van der Waals surface area contributed by atoms with Crippen LogP contribution in [0.2, 0.25) is 0 Å². The minimum Gasteiger partial charge on any atom is -0.459 e. The van der Waals surface area contributed by atoms with Gasteiger partial charge in [-0.05, 0) is 44.0 Å². The van der Waals surface area contributed by atoms with E-state index in [-0.39, 0.29) is 18.5 Å². The van der Waals surface area contributed by atoms with Gasteiger partial charge in [0.15, 0.2) is 5.76 Å². The number of benzene rings is 1. The predicted molar refractivity (Wildman–Crippen MR) is 87.1 cm³/mol. The predicted octanol–water partition coefficient (Wildman–Crippen LogP) is 3.18. The van der Waals surface area contributed by atoms with E-state index in [1.165, 1.54) is 0 Å². The summed E-state index contributed by atoms with van der Waals surface area (Å²) in [5.41, 5.74) is 0.681. The fourth-order valence-corrected chi connectivity index (χ4v) is 2.53. The van der Waals surface area contributed by atoms with Gasteiger partial charge in [-0.25, -0.2) is 4.79 Å². The van der Waals surface area contributed by atoms with Crippen molar-refractivity contribution in [2.45, 2.75) is 25.9 Å². The monoisotopic (exact) mass is 329 g/mol. The van der Waals surface area contributed by atoms with Crippen LogP contribution in [0.15, 0.2) is 40.8 Å². The second kappa shape index (κ2) is 7.31. The lowest BCUT2D eigenvalue weighted by Gasteiger charge is -2.12. The van der Waals surface area contributed by atoms with E-state index in [0.717, 1.165) is 12.8 Å². The maximum Gasteiger partial charge on any atom is 0.340 e. The highest BCUT2D eigenvalue weighted by atomic mass is 16.6. The van der Waals surface area contributed by atoms with Crippen LogP contribution in [0.1, 0.15) is 39.5 Å². The first-order chi connectivity index (χ1) is 11.6. The number of hydrogen-bond acceptors (Lipinski definition) is 5. The zero-order chi connectivity index (χ0) is 16.9. The number of ether oxygens (including phenoxy) is 2. The van der Waals surface area contributed by atoms with Crippen LogP contribution in [-0.2, 0) is 9.47 Å². The SMILES string of the molecule is Cc1ccc(C(=O)Nc2ccccc2C(=O)OCC2CCCO2)o1. The van der Waals surface area contributed by atoms with Crippen molar-refractivity contribution in [1.29, 1.82) is 0 Å². The van der Waals surface area contributed by atoms with E-state index in [0.29, 0.717) is 23.6 Å². The minimum atomic E-state index is -0.489. The molecule has 1 aliphatic rings. The number of aryl methyl sites for hydroxylation is 1. The van der Waals surface area contributed by atoms with E-state index in [1.54, 1.807) is 43.3 Å². The Balaban J connectivity index is 1.67. The van der Waals surface area contributed by atoms with Gasteiger partial charge in [0.2, 0.25) is 0 Å². The van der Waals surface area contributed by atoms with E-state index in [2.05, 4.69) is 5.32 Å². The average Bonchev–Trinajstić information content (AvgIpc) is 3.24. The van der Waals surface area contributed by atoms with Gasteiger partial charge >= 0.3 is 5.97 Å². The van der Waals surface area contributed by atoms with Crippen LogP contribution < -0.4 is 5.32 Å². The molecule has 1 aromatic carbocycles. The molecule has 1 N–H and O–H groups in total. The van der Waals surface area contributed by atoms with Gasteiger partial charge in [0, 0.05) is 6.61 Å². The number of hydrogen-bond donors (Lipinski definition) is 1. The van der Waals surface area contributed by atoms with E-state index in [1.807, 2.05) is 0 Å². The van der Waals surface area contributed by atoms with Crippen molar-refractivity contribution in [3.8, 4) is 0 Å². The molecule has 0 spiro atoms. The Kier molecular flexibility index (Phi) is 4.96. The largest absolute Gasteiger partial charge is 0.459 e. The Hall–Kier alpha value is -2.60. The van der Waals surface area contributed by atoms with E-state index in [4.69, 9.17) is 13.9 Å². The van der Waals surface area contributed by atoms with Gasteiger partial charge in [0.25, 0.3) is 5.91 Å². The van der Waals surface area contributed by atoms with Crippen molar-refractivity contribution in [3.63, 3.8) is 0 Å². The Morgan fingerprint density at radius 2 is 2.08 bits per heavy atom. The molecule has 2 heterocycles. The number of carbonyl (C=O) groups is 2. The van der Waals surface area contributed by atoms with Gasteiger partial charge in [-0.1, -0.05) is 12.1 Å². The highest BCUT2D eigenvalue weighted by Gasteiger charge is 2.20. The van der Waals surface area contributed by atoms with Crippen LogP contribution in [-0.4, -0.2) is 31.2 Å². The van der Waals surface area contributed by atoms with Crippen LogP contribution in [0.5, 0.6) is 0 Å². The molecule has 0 bridgehead atoms. The molecular formula is C18H19NO5. The summed E-state index contributed by atoms with van der Waals surface area (Å²) in [6.07, 6.45) is 1.84. The third kappa shape index (κ3) is 3.83. The van der Waals surface area contributed by atoms with Crippen molar-refractivity contribution in [2.24, 2.45) is 0 Å². The average molecular weight is 329 g/mol. The quantitative estimate of drug-likeness (QED) is 0.853. The number of esters is 1. The molecule has 1 aromatic heterocycles. The fourth-order valence-electron chi connectivity index (χ4n) is 2.53. The molecule has 1 saturated heterocycles. The number of para-hydroxylation sites is 1. The Morgan fingerprint density at radius 1 is 1.25 bits per heavy atom. The van der Waals surface area contributed by atoms with Crippen molar-refractivity contribution >= 4 is 17.6 Å². The van der Waals surface area contributed by atoms with Gasteiger partial charge in [0.1, 0.15) is 12.4 Å². The van der Waals surface area contributed by atoms with Crippen LogP contribution in [0, 0.1) is 6.92 Å². The van der Waals surface area contributed by atoms with Gasteiger partial charge in [-0.3, -0.25) is 4.79 Å². The maximum atomic E-state index is 12.3. The van der Waals surface area contributed by atoms with Crippen molar-refractivity contribution in [3.05, 3.63) is 53.5 Å². The number of amides is 1. The zero-order valence-corrected chi connectivity index (χ0v) is 13.4. The number of carbonyl (C=O) groups excluding carboxylic acids is 2. The van der Waals surface area contributed by atoms with Gasteiger partial charge in [-0.15, -0.1) is 0 Å². The smallest absolute Gasteiger partial charge is 0.340 e. The minimum absolute atomic E-state index is 0.0400. The summed E-state index contributed by atoms with van der Waals surface area (Å²) in [6.45, 7) is 2.68. The molecule has 1 unspecified atom stereocenters. The van der Waals surface area contributed by atoms with Gasteiger partial charge < -0.3 is 19.2 Å². The lowest BCUT2D eigenvalue weighted by Crippen LogP contribution is -2.20. The summed E-state index contributed by atoms with van der Waals surface area (Å²) in [5, 5.41) is 2.68. The molecule has 1 amide bonds. The second-order valence-electron chi connectivity index (χ2n) is 5.64. The molecule has 6 heteroatoms. The van der Waals surface area contributed by atoms with Crippen LogP contribution in [0.4, 0.5) is 5.69 Å². The van der Waals surface area contributed by atoms with Gasteiger partial charge in [-0.2, -0.15) is 0 Å². The zero-order valence-electron chi connectivity index (χ0n) is 13.4. The molecule has 1 atom stereocenters. The number of nitrogens with one attached hydrogen (secondary N) is 1. The van der Waals surface area contributed by atoms with E-state index >= 15 is 0 Å². The fraction of sp³-hybridized carbons (Fsp3) is 0.333. The van der Waals surface area contributed by atoms with Crippen LogP contribution in [0.3, 0.4) is 0 Å². The lowest BCUT2D eigenvalue weighted by atomic mass is 10.1. The molecule has 24 heavy (non-hydrogen) atoms. The molecule has 3 rings (SSSR count). The van der Waals surface area contributed by atoms with Crippen molar-refractivity contribution in [1.82, 2.24) is 0 Å². The Labute approximate surface area is 139 Å². The normalized spacial score (nSPS) is 16.8. The molecule has 0 radical (unpaired) electrons. The summed E-state index contributed by atoms with van der Waals surface area (Å²) in [7, 11) is 0. The Morgan fingerprint density at radius 3 is 2.79 bits per heavy atom. The molecule has 0 aliphatic carbocycles. The molecule has 1 fully saturated rings. The first-order valence-corrected chi connectivity index (χ1v) is 7.89. The summed E-state index contributed by atoms with van der Waals surface area (Å²) >= 11 is 0. The summed E-state index contributed by atoms with van der Waals surface area (Å²) in [6, 6.07) is 10.0. The Bertz CT molecular complexity index is 731. The topological polar surface area (TPSA) is 77.8 Å². The van der Waals surface area contributed by atoms with Gasteiger partial charge in [0.05, 0.1) is 17.4 Å². The molecule has 126 valence electrons. The summed E-state index contributed by atoms with van der Waals surface area (Å²) < 4.78 is 16.0. The first kappa shape index (κ1) is 16.3.